The van der Waals surface area contributed by atoms with Crippen molar-refractivity contribution in [3.63, 3.8) is 0 Å². The zero-order chi connectivity index (χ0) is 15.5. The van der Waals surface area contributed by atoms with Crippen LogP contribution in [-0.2, 0) is 10.2 Å². The molecule has 0 atom stereocenters. The number of benzene rings is 1. The largest absolute Gasteiger partial charge is 0.481 e. The van der Waals surface area contributed by atoms with Crippen molar-refractivity contribution in [2.45, 2.75) is 32.6 Å². The fourth-order valence-corrected chi connectivity index (χ4v) is 2.66. The highest BCUT2D eigenvalue weighted by atomic mass is 16.4. The summed E-state index contributed by atoms with van der Waals surface area (Å²) in [7, 11) is 0. The Kier molecular flexibility index (Phi) is 4.88. The highest BCUT2D eigenvalue weighted by Crippen LogP contribution is 2.25. The molecular weight excluding hydrogens is 264 g/mol. The van der Waals surface area contributed by atoms with E-state index in [0.717, 1.165) is 26.2 Å². The van der Waals surface area contributed by atoms with Crippen molar-refractivity contribution in [3.05, 3.63) is 29.8 Å². The van der Waals surface area contributed by atoms with E-state index < -0.39 is 5.97 Å². The minimum absolute atomic E-state index is 0.189. The molecule has 4 heteroatoms. The normalized spacial score (nSPS) is 17.0. The summed E-state index contributed by atoms with van der Waals surface area (Å²) >= 11 is 0. The molecule has 4 nitrogen and oxygen atoms in total. The van der Waals surface area contributed by atoms with Crippen LogP contribution < -0.4 is 4.90 Å². The molecule has 0 amide bonds. The molecule has 1 aromatic carbocycles. The quantitative estimate of drug-likeness (QED) is 0.925. The minimum atomic E-state index is -0.713. The van der Waals surface area contributed by atoms with Crippen molar-refractivity contribution in [2.75, 3.05) is 37.6 Å². The maximum atomic E-state index is 10.6. The van der Waals surface area contributed by atoms with Crippen LogP contribution in [-0.4, -0.2) is 48.7 Å². The average molecular weight is 290 g/mol. The summed E-state index contributed by atoms with van der Waals surface area (Å²) in [5.41, 5.74) is 2.81. The molecule has 0 aromatic heterocycles. The maximum Gasteiger partial charge on any atom is 0.304 e. The zero-order valence-electron chi connectivity index (χ0n) is 13.3. The van der Waals surface area contributed by atoms with Crippen molar-refractivity contribution in [2.24, 2.45) is 0 Å². The number of piperazine rings is 1. The van der Waals surface area contributed by atoms with Gasteiger partial charge in [0, 0.05) is 38.4 Å². The molecule has 0 bridgehead atoms. The molecule has 0 unspecified atom stereocenters. The number of aliphatic carboxylic acids is 1. The lowest BCUT2D eigenvalue weighted by Gasteiger charge is -2.36. The van der Waals surface area contributed by atoms with E-state index in [1.165, 1.54) is 11.3 Å². The Morgan fingerprint density at radius 2 is 1.67 bits per heavy atom. The summed E-state index contributed by atoms with van der Waals surface area (Å²) in [6, 6.07) is 8.83. The van der Waals surface area contributed by atoms with E-state index in [1.54, 1.807) is 0 Å². The molecule has 116 valence electrons. The van der Waals surface area contributed by atoms with Crippen molar-refractivity contribution in [1.82, 2.24) is 4.90 Å². The molecular formula is C17H26N2O2. The molecule has 0 aliphatic carbocycles. The highest BCUT2D eigenvalue weighted by Gasteiger charge is 2.18. The van der Waals surface area contributed by atoms with Gasteiger partial charge in [0.2, 0.25) is 0 Å². The van der Waals surface area contributed by atoms with Gasteiger partial charge in [0.25, 0.3) is 0 Å². The smallest absolute Gasteiger partial charge is 0.304 e. The van der Waals surface area contributed by atoms with Crippen LogP contribution >= 0.6 is 0 Å². The molecule has 1 aliphatic rings. The van der Waals surface area contributed by atoms with Crippen LogP contribution in [0.15, 0.2) is 24.3 Å². The molecule has 0 radical (unpaired) electrons. The Hall–Kier alpha value is -1.55. The SMILES string of the molecule is CC(C)(C)c1ccc(N2CCN(CCC(=O)O)CC2)cc1. The Morgan fingerprint density at radius 3 is 2.14 bits per heavy atom. The van der Waals surface area contributed by atoms with Gasteiger partial charge in [-0.1, -0.05) is 32.9 Å². The van der Waals surface area contributed by atoms with E-state index in [2.05, 4.69) is 54.8 Å². The Balaban J connectivity index is 1.89. The first kappa shape index (κ1) is 15.8. The van der Waals surface area contributed by atoms with Gasteiger partial charge in [-0.2, -0.15) is 0 Å². The second kappa shape index (κ2) is 6.48. The van der Waals surface area contributed by atoms with E-state index in [9.17, 15) is 4.79 Å². The Morgan fingerprint density at radius 1 is 1.10 bits per heavy atom. The fourth-order valence-electron chi connectivity index (χ4n) is 2.66. The first-order chi connectivity index (χ1) is 9.86. The standard InChI is InChI=1S/C17H26N2O2/c1-17(2,3)14-4-6-15(7-5-14)19-12-10-18(11-13-19)9-8-16(20)21/h4-7H,8-13H2,1-3H3,(H,20,21). The van der Waals surface area contributed by atoms with Crippen molar-refractivity contribution < 1.29 is 9.90 Å². The topological polar surface area (TPSA) is 43.8 Å². The van der Waals surface area contributed by atoms with Gasteiger partial charge in [0.1, 0.15) is 0 Å². The molecule has 1 aliphatic heterocycles. The van der Waals surface area contributed by atoms with Gasteiger partial charge in [0.05, 0.1) is 6.42 Å². The lowest BCUT2D eigenvalue weighted by Crippen LogP contribution is -2.46. The highest BCUT2D eigenvalue weighted by molar-refractivity contribution is 5.66. The van der Waals surface area contributed by atoms with Gasteiger partial charge < -0.3 is 10.0 Å². The summed E-state index contributed by atoms with van der Waals surface area (Å²) in [6.07, 6.45) is 0.236. The zero-order valence-corrected chi connectivity index (χ0v) is 13.3. The van der Waals surface area contributed by atoms with Crippen LogP contribution in [0.4, 0.5) is 5.69 Å². The van der Waals surface area contributed by atoms with Gasteiger partial charge in [-0.3, -0.25) is 9.69 Å². The molecule has 2 rings (SSSR count). The lowest BCUT2D eigenvalue weighted by atomic mass is 9.87. The third-order valence-electron chi connectivity index (χ3n) is 4.11. The predicted molar refractivity (Wildman–Crippen MR) is 86.0 cm³/mol. The van der Waals surface area contributed by atoms with Crippen LogP contribution in [0.3, 0.4) is 0 Å². The summed E-state index contributed by atoms with van der Waals surface area (Å²) in [6.45, 7) is 11.1. The van der Waals surface area contributed by atoms with Gasteiger partial charge >= 0.3 is 5.97 Å². The van der Waals surface area contributed by atoms with Crippen molar-refractivity contribution in [3.8, 4) is 0 Å². The summed E-state index contributed by atoms with van der Waals surface area (Å²) in [5, 5.41) is 8.73. The Bertz CT molecular complexity index is 469. The van der Waals surface area contributed by atoms with E-state index >= 15 is 0 Å². The van der Waals surface area contributed by atoms with E-state index in [1.807, 2.05) is 0 Å². The van der Waals surface area contributed by atoms with Gasteiger partial charge in [-0.25, -0.2) is 0 Å². The van der Waals surface area contributed by atoms with Gasteiger partial charge in [-0.05, 0) is 23.1 Å². The van der Waals surface area contributed by atoms with Crippen molar-refractivity contribution >= 4 is 11.7 Å². The number of hydrogen-bond acceptors (Lipinski definition) is 3. The molecule has 1 fully saturated rings. The summed E-state index contributed by atoms with van der Waals surface area (Å²) < 4.78 is 0. The molecule has 1 N–H and O–H groups in total. The molecule has 0 spiro atoms. The van der Waals surface area contributed by atoms with Crippen LogP contribution in [0.5, 0.6) is 0 Å². The number of hydrogen-bond donors (Lipinski definition) is 1. The minimum Gasteiger partial charge on any atom is -0.481 e. The number of rotatable bonds is 4. The fraction of sp³-hybridized carbons (Fsp3) is 0.588. The number of carboxylic acid groups (broad SMARTS) is 1. The van der Waals surface area contributed by atoms with Crippen LogP contribution in [0.25, 0.3) is 0 Å². The number of anilines is 1. The van der Waals surface area contributed by atoms with Crippen LogP contribution in [0, 0.1) is 0 Å². The average Bonchev–Trinajstić information content (AvgIpc) is 2.45. The second-order valence-electron chi connectivity index (χ2n) is 6.77. The second-order valence-corrected chi connectivity index (χ2v) is 6.77. The first-order valence-electron chi connectivity index (χ1n) is 7.66. The molecule has 1 saturated heterocycles. The lowest BCUT2D eigenvalue weighted by molar-refractivity contribution is -0.137. The third-order valence-corrected chi connectivity index (χ3v) is 4.11. The number of carbonyl (C=O) groups is 1. The van der Waals surface area contributed by atoms with Crippen LogP contribution in [0.2, 0.25) is 0 Å². The molecule has 1 aromatic rings. The van der Waals surface area contributed by atoms with Gasteiger partial charge in [-0.15, -0.1) is 0 Å². The molecule has 1 heterocycles. The van der Waals surface area contributed by atoms with E-state index in [4.69, 9.17) is 5.11 Å². The van der Waals surface area contributed by atoms with Gasteiger partial charge in [0.15, 0.2) is 0 Å². The molecule has 0 saturated carbocycles. The molecule has 21 heavy (non-hydrogen) atoms. The van der Waals surface area contributed by atoms with E-state index in [0.29, 0.717) is 6.54 Å². The van der Waals surface area contributed by atoms with E-state index in [-0.39, 0.29) is 11.8 Å². The monoisotopic (exact) mass is 290 g/mol. The summed E-state index contributed by atoms with van der Waals surface area (Å²) in [5.74, 6) is -0.713. The first-order valence-corrected chi connectivity index (χ1v) is 7.66. The van der Waals surface area contributed by atoms with Crippen molar-refractivity contribution in [1.29, 1.82) is 0 Å². The Labute approximate surface area is 127 Å². The summed E-state index contributed by atoms with van der Waals surface area (Å²) in [4.78, 5) is 15.2. The predicted octanol–water partition coefficient (Wildman–Crippen LogP) is 2.58. The number of carboxylic acids is 1. The third kappa shape index (κ3) is 4.46. The van der Waals surface area contributed by atoms with Crippen LogP contribution in [0.1, 0.15) is 32.8 Å². The number of nitrogens with zero attached hydrogens (tertiary/aromatic N) is 2. The maximum absolute atomic E-state index is 10.6.